The lowest BCUT2D eigenvalue weighted by molar-refractivity contribution is -0.131. The fraction of sp³-hybridized carbons (Fsp3) is 0.410. The predicted octanol–water partition coefficient (Wildman–Crippen LogP) is 8.02. The quantitative estimate of drug-likeness (QED) is 0.252. The molecular formula is C39H42N2O6. The number of carboxylic acid groups (broad SMARTS) is 1. The van der Waals surface area contributed by atoms with E-state index in [9.17, 15) is 14.4 Å². The van der Waals surface area contributed by atoms with Crippen molar-refractivity contribution >= 4 is 24.2 Å². The Morgan fingerprint density at radius 2 is 1.38 bits per heavy atom. The first kappa shape index (κ1) is 31.0. The highest BCUT2D eigenvalue weighted by atomic mass is 16.6. The first-order valence-corrected chi connectivity index (χ1v) is 16.9. The molecule has 4 aliphatic carbocycles. The van der Waals surface area contributed by atoms with Crippen LogP contribution in [0.5, 0.6) is 5.75 Å². The van der Waals surface area contributed by atoms with Gasteiger partial charge in [0.25, 0.3) is 0 Å². The van der Waals surface area contributed by atoms with Gasteiger partial charge < -0.3 is 19.5 Å². The van der Waals surface area contributed by atoms with Crippen molar-refractivity contribution in [2.24, 2.45) is 17.8 Å². The molecule has 4 bridgehead atoms. The molecule has 3 aromatic rings. The van der Waals surface area contributed by atoms with Crippen LogP contribution in [-0.2, 0) is 16.1 Å². The molecule has 4 saturated carbocycles. The standard InChI is InChI=1S/C39H42N2O6/c42-36(43)15-8-27-6-9-32(10-7-27)33-11-13-35(14-12-33)47-38(45)41(39-23-29-20-30(24-39)22-31(21-29)25-39)34-16-18-40(19-17-34)37(44)46-26-28-4-2-1-3-5-28/h1-15,29-31,34H,16-26H2,(H,42,43). The number of benzene rings is 3. The van der Waals surface area contributed by atoms with E-state index in [4.69, 9.17) is 14.6 Å². The number of carbonyl (C=O) groups is 3. The van der Waals surface area contributed by atoms with Crippen molar-refractivity contribution in [3.8, 4) is 16.9 Å². The van der Waals surface area contributed by atoms with Crippen LogP contribution >= 0.6 is 0 Å². The van der Waals surface area contributed by atoms with E-state index in [1.165, 1.54) is 19.3 Å². The van der Waals surface area contributed by atoms with Crippen molar-refractivity contribution in [1.29, 1.82) is 0 Å². The summed E-state index contributed by atoms with van der Waals surface area (Å²) in [6, 6.07) is 24.9. The zero-order valence-electron chi connectivity index (χ0n) is 26.6. The Balaban J connectivity index is 1.04. The lowest BCUT2D eigenvalue weighted by atomic mass is 9.52. The van der Waals surface area contributed by atoms with E-state index in [1.807, 2.05) is 78.9 Å². The molecule has 1 N–H and O–H groups in total. The molecule has 0 radical (unpaired) electrons. The van der Waals surface area contributed by atoms with E-state index in [2.05, 4.69) is 4.90 Å². The molecule has 47 heavy (non-hydrogen) atoms. The molecule has 1 heterocycles. The monoisotopic (exact) mass is 634 g/mol. The lowest BCUT2D eigenvalue weighted by Crippen LogP contribution is -2.65. The summed E-state index contributed by atoms with van der Waals surface area (Å²) in [5, 5.41) is 8.87. The van der Waals surface area contributed by atoms with E-state index >= 15 is 0 Å². The zero-order chi connectivity index (χ0) is 32.4. The smallest absolute Gasteiger partial charge is 0.415 e. The average Bonchev–Trinajstić information content (AvgIpc) is 3.07. The third-order valence-corrected chi connectivity index (χ3v) is 10.7. The number of carboxylic acids is 1. The molecule has 5 fully saturated rings. The summed E-state index contributed by atoms with van der Waals surface area (Å²) >= 11 is 0. The van der Waals surface area contributed by atoms with Crippen molar-refractivity contribution in [2.75, 3.05) is 13.1 Å². The maximum atomic E-state index is 14.3. The number of hydrogen-bond donors (Lipinski definition) is 1. The summed E-state index contributed by atoms with van der Waals surface area (Å²) in [6.45, 7) is 1.35. The second kappa shape index (κ2) is 13.3. The van der Waals surface area contributed by atoms with Gasteiger partial charge >= 0.3 is 18.2 Å². The number of piperidine rings is 1. The fourth-order valence-corrected chi connectivity index (χ4v) is 9.03. The van der Waals surface area contributed by atoms with Gasteiger partial charge in [-0.1, -0.05) is 66.7 Å². The lowest BCUT2D eigenvalue weighted by Gasteiger charge is -2.61. The highest BCUT2D eigenvalue weighted by Crippen LogP contribution is 2.58. The second-order valence-electron chi connectivity index (χ2n) is 14.0. The number of carbonyl (C=O) groups excluding carboxylic acids is 2. The van der Waals surface area contributed by atoms with Crippen LogP contribution in [-0.4, -0.2) is 57.7 Å². The number of ether oxygens (including phenoxy) is 2. The van der Waals surface area contributed by atoms with Crippen LogP contribution in [0.15, 0.2) is 84.9 Å². The SMILES string of the molecule is O=C(O)C=Cc1ccc(-c2ccc(OC(=O)N(C3CCN(C(=O)OCc4ccccc4)CC3)C34CC5CC(CC(C5)C3)C4)cc2)cc1. The molecule has 0 atom stereocenters. The first-order valence-electron chi connectivity index (χ1n) is 16.9. The van der Waals surface area contributed by atoms with Crippen LogP contribution in [0, 0.1) is 17.8 Å². The van der Waals surface area contributed by atoms with Gasteiger partial charge in [-0.25, -0.2) is 14.4 Å². The van der Waals surface area contributed by atoms with E-state index in [-0.39, 0.29) is 30.4 Å². The second-order valence-corrected chi connectivity index (χ2v) is 14.0. The normalized spacial score (nSPS) is 25.1. The van der Waals surface area contributed by atoms with Gasteiger partial charge in [0.1, 0.15) is 12.4 Å². The number of nitrogens with zero attached hydrogens (tertiary/aromatic N) is 2. The summed E-state index contributed by atoms with van der Waals surface area (Å²) in [7, 11) is 0. The van der Waals surface area contributed by atoms with E-state index in [1.54, 1.807) is 11.0 Å². The molecule has 0 unspecified atom stereocenters. The Kier molecular flexibility index (Phi) is 8.76. The summed E-state index contributed by atoms with van der Waals surface area (Å²) in [5.74, 6) is 1.56. The molecule has 8 rings (SSSR count). The average molecular weight is 635 g/mol. The van der Waals surface area contributed by atoms with Crippen molar-refractivity contribution in [2.45, 2.75) is 69.6 Å². The molecule has 8 heteroatoms. The van der Waals surface area contributed by atoms with Gasteiger partial charge in [-0.3, -0.25) is 4.90 Å². The zero-order valence-corrected chi connectivity index (χ0v) is 26.6. The van der Waals surface area contributed by atoms with Crippen LogP contribution in [0.2, 0.25) is 0 Å². The van der Waals surface area contributed by atoms with Crippen molar-refractivity contribution in [3.05, 3.63) is 96.1 Å². The third-order valence-electron chi connectivity index (χ3n) is 10.7. The first-order chi connectivity index (χ1) is 22.8. The Hall–Kier alpha value is -4.59. The van der Waals surface area contributed by atoms with Gasteiger partial charge in [0, 0.05) is 30.7 Å². The largest absolute Gasteiger partial charge is 0.478 e. The van der Waals surface area contributed by atoms with Crippen LogP contribution < -0.4 is 4.74 Å². The fourth-order valence-electron chi connectivity index (χ4n) is 9.03. The molecular weight excluding hydrogens is 592 g/mol. The topological polar surface area (TPSA) is 96.4 Å². The van der Waals surface area contributed by atoms with Gasteiger partial charge in [-0.15, -0.1) is 0 Å². The van der Waals surface area contributed by atoms with Crippen LogP contribution in [0.4, 0.5) is 9.59 Å². The number of rotatable bonds is 8. The van der Waals surface area contributed by atoms with Gasteiger partial charge in [-0.05, 0) is 110 Å². The van der Waals surface area contributed by atoms with Crippen LogP contribution in [0.1, 0.15) is 62.5 Å². The number of hydrogen-bond acceptors (Lipinski definition) is 5. The molecule has 5 aliphatic rings. The minimum atomic E-state index is -0.981. The van der Waals surface area contributed by atoms with Crippen LogP contribution in [0.25, 0.3) is 17.2 Å². The van der Waals surface area contributed by atoms with E-state index in [0.29, 0.717) is 49.4 Å². The summed E-state index contributed by atoms with van der Waals surface area (Å²) < 4.78 is 11.8. The Bertz CT molecular complexity index is 1570. The summed E-state index contributed by atoms with van der Waals surface area (Å²) in [4.78, 5) is 41.9. The van der Waals surface area contributed by atoms with Crippen molar-refractivity contribution in [1.82, 2.24) is 9.80 Å². The minimum absolute atomic E-state index is 0.00453. The molecule has 2 amide bonds. The maximum absolute atomic E-state index is 14.3. The van der Waals surface area contributed by atoms with E-state index in [0.717, 1.165) is 47.6 Å². The molecule has 3 aromatic carbocycles. The van der Waals surface area contributed by atoms with Crippen LogP contribution in [0.3, 0.4) is 0 Å². The Morgan fingerprint density at radius 1 is 0.809 bits per heavy atom. The number of aliphatic carboxylic acids is 1. The van der Waals surface area contributed by atoms with Gasteiger partial charge in [0.2, 0.25) is 0 Å². The molecule has 244 valence electrons. The van der Waals surface area contributed by atoms with Crippen molar-refractivity contribution < 1.29 is 29.0 Å². The Morgan fingerprint density at radius 3 is 1.96 bits per heavy atom. The maximum Gasteiger partial charge on any atom is 0.415 e. The number of likely N-dealkylation sites (tertiary alicyclic amines) is 1. The highest BCUT2D eigenvalue weighted by molar-refractivity contribution is 5.85. The predicted molar refractivity (Wildman–Crippen MR) is 179 cm³/mol. The van der Waals surface area contributed by atoms with Gasteiger partial charge in [0.15, 0.2) is 0 Å². The molecule has 0 aromatic heterocycles. The molecule has 0 spiro atoms. The minimum Gasteiger partial charge on any atom is -0.478 e. The summed E-state index contributed by atoms with van der Waals surface area (Å²) in [5.41, 5.74) is 3.55. The molecule has 8 nitrogen and oxygen atoms in total. The molecule has 1 saturated heterocycles. The van der Waals surface area contributed by atoms with E-state index < -0.39 is 5.97 Å². The highest BCUT2D eigenvalue weighted by Gasteiger charge is 2.56. The summed E-state index contributed by atoms with van der Waals surface area (Å²) in [6.07, 6.45) is 10.5. The molecule has 1 aliphatic heterocycles. The van der Waals surface area contributed by atoms with Gasteiger partial charge in [0.05, 0.1) is 0 Å². The Labute approximate surface area is 276 Å². The van der Waals surface area contributed by atoms with Crippen molar-refractivity contribution in [3.63, 3.8) is 0 Å². The van der Waals surface area contributed by atoms with Gasteiger partial charge in [-0.2, -0.15) is 0 Å². The number of amides is 2. The third kappa shape index (κ3) is 6.92.